The lowest BCUT2D eigenvalue weighted by atomic mass is 10.2. The third-order valence-electron chi connectivity index (χ3n) is 5.68. The highest BCUT2D eigenvalue weighted by molar-refractivity contribution is 14.1. The van der Waals surface area contributed by atoms with Gasteiger partial charge >= 0.3 is 0 Å². The van der Waals surface area contributed by atoms with E-state index in [-0.39, 0.29) is 24.0 Å². The van der Waals surface area contributed by atoms with Crippen molar-refractivity contribution in [2.24, 2.45) is 0 Å². The normalized spacial score (nSPS) is 16.4. The van der Waals surface area contributed by atoms with Gasteiger partial charge in [-0.05, 0) is 102 Å². The van der Waals surface area contributed by atoms with Crippen LogP contribution in [0.3, 0.4) is 0 Å². The first-order valence-corrected chi connectivity index (χ1v) is 13.7. The molecule has 4 rings (SSSR count). The lowest BCUT2D eigenvalue weighted by Crippen LogP contribution is -2.36. The van der Waals surface area contributed by atoms with Crippen molar-refractivity contribution in [3.63, 3.8) is 0 Å². The van der Waals surface area contributed by atoms with Crippen LogP contribution in [0.1, 0.15) is 25.3 Å². The molecule has 0 spiro atoms. The maximum absolute atomic E-state index is 12.9. The van der Waals surface area contributed by atoms with Crippen LogP contribution in [-0.2, 0) is 14.4 Å². The minimum atomic E-state index is -0.540. The van der Waals surface area contributed by atoms with Crippen LogP contribution in [0.25, 0.3) is 6.08 Å². The molecule has 4 amide bonds. The van der Waals surface area contributed by atoms with Gasteiger partial charge in [-0.25, -0.2) is 0 Å². The summed E-state index contributed by atoms with van der Waals surface area (Å²) in [6.07, 6.45) is 3.59. The van der Waals surface area contributed by atoms with Gasteiger partial charge in [0.25, 0.3) is 17.1 Å². The van der Waals surface area contributed by atoms with E-state index in [1.807, 2.05) is 19.1 Å². The van der Waals surface area contributed by atoms with Crippen LogP contribution in [0.4, 0.5) is 10.5 Å². The second-order valence-corrected chi connectivity index (χ2v) is 10.6. The Bertz CT molecular complexity index is 1230. The molecule has 0 aliphatic carbocycles. The Hall–Kier alpha value is -3.06. The quantitative estimate of drug-likeness (QED) is 0.323. The average molecular weight is 635 g/mol. The molecule has 37 heavy (non-hydrogen) atoms. The zero-order chi connectivity index (χ0) is 26.4. The Morgan fingerprint density at radius 1 is 1.05 bits per heavy atom. The molecule has 2 aromatic rings. The minimum absolute atomic E-state index is 0.0660. The second-order valence-electron chi connectivity index (χ2n) is 8.34. The third-order valence-corrected chi connectivity index (χ3v) is 7.31. The lowest BCUT2D eigenvalue weighted by molar-refractivity contribution is -0.132. The highest BCUT2D eigenvalue weighted by Gasteiger charge is 2.36. The highest BCUT2D eigenvalue weighted by atomic mass is 127. The Kier molecular flexibility index (Phi) is 9.09. The molecule has 0 radical (unpaired) electrons. The van der Waals surface area contributed by atoms with Gasteiger partial charge < -0.3 is 19.7 Å². The molecule has 2 heterocycles. The average Bonchev–Trinajstić information content (AvgIpc) is 3.50. The molecule has 2 fully saturated rings. The molecule has 2 aliphatic rings. The van der Waals surface area contributed by atoms with Crippen molar-refractivity contribution in [1.82, 2.24) is 9.80 Å². The number of ether oxygens (including phenoxy) is 2. The molecule has 2 aliphatic heterocycles. The van der Waals surface area contributed by atoms with E-state index in [0.717, 1.165) is 46.2 Å². The first-order valence-electron chi connectivity index (χ1n) is 11.8. The van der Waals surface area contributed by atoms with Crippen LogP contribution in [0.2, 0.25) is 0 Å². The zero-order valence-corrected chi connectivity index (χ0v) is 23.2. The number of nitrogens with zero attached hydrogens (tertiary/aromatic N) is 2. The summed E-state index contributed by atoms with van der Waals surface area (Å²) in [5.74, 6) is -0.215. The van der Waals surface area contributed by atoms with E-state index in [4.69, 9.17) is 9.47 Å². The molecule has 1 N–H and O–H groups in total. The summed E-state index contributed by atoms with van der Waals surface area (Å²) in [7, 11) is 0. The monoisotopic (exact) mass is 635 g/mol. The topological polar surface area (TPSA) is 105 Å². The maximum atomic E-state index is 12.9. The summed E-state index contributed by atoms with van der Waals surface area (Å²) in [5, 5.41) is 2.18. The van der Waals surface area contributed by atoms with Crippen LogP contribution in [0.5, 0.6) is 11.5 Å². The molecule has 194 valence electrons. The Morgan fingerprint density at radius 2 is 1.78 bits per heavy atom. The van der Waals surface area contributed by atoms with E-state index in [0.29, 0.717) is 29.4 Å². The number of thioether (sulfide) groups is 1. The number of carbonyl (C=O) groups is 4. The smallest absolute Gasteiger partial charge is 0.294 e. The summed E-state index contributed by atoms with van der Waals surface area (Å²) in [5.41, 5.74) is 1.20. The third kappa shape index (κ3) is 7.04. The van der Waals surface area contributed by atoms with Crippen LogP contribution < -0.4 is 14.8 Å². The SMILES string of the molecule is CCOc1cc(/C=C2\SC(=O)N(CC(=O)Nc3ccc(I)cc3)C2=O)ccc1OCC(=O)N1CCCC1. The molecular weight excluding hydrogens is 609 g/mol. The van der Waals surface area contributed by atoms with Gasteiger partial charge in [0.2, 0.25) is 5.91 Å². The Morgan fingerprint density at radius 3 is 2.49 bits per heavy atom. The van der Waals surface area contributed by atoms with Crippen molar-refractivity contribution in [3.05, 3.63) is 56.5 Å². The van der Waals surface area contributed by atoms with Crippen molar-refractivity contribution in [2.45, 2.75) is 19.8 Å². The van der Waals surface area contributed by atoms with E-state index >= 15 is 0 Å². The van der Waals surface area contributed by atoms with Gasteiger partial charge in [-0.1, -0.05) is 6.07 Å². The summed E-state index contributed by atoms with van der Waals surface area (Å²) < 4.78 is 12.4. The lowest BCUT2D eigenvalue weighted by Gasteiger charge is -2.17. The molecule has 2 saturated heterocycles. The van der Waals surface area contributed by atoms with E-state index in [9.17, 15) is 19.2 Å². The van der Waals surface area contributed by atoms with Crippen molar-refractivity contribution >= 4 is 69.1 Å². The first kappa shape index (κ1) is 27.0. The van der Waals surface area contributed by atoms with Gasteiger partial charge in [-0.2, -0.15) is 0 Å². The van der Waals surface area contributed by atoms with E-state index in [1.165, 1.54) is 0 Å². The predicted octanol–water partition coefficient (Wildman–Crippen LogP) is 4.37. The number of rotatable bonds is 9. The highest BCUT2D eigenvalue weighted by Crippen LogP contribution is 2.34. The van der Waals surface area contributed by atoms with Gasteiger partial charge in [-0.3, -0.25) is 24.1 Å². The number of carbonyl (C=O) groups excluding carboxylic acids is 4. The number of hydrogen-bond acceptors (Lipinski definition) is 7. The van der Waals surface area contributed by atoms with E-state index in [2.05, 4.69) is 27.9 Å². The summed E-state index contributed by atoms with van der Waals surface area (Å²) in [6.45, 7) is 3.26. The van der Waals surface area contributed by atoms with E-state index in [1.54, 1.807) is 41.3 Å². The van der Waals surface area contributed by atoms with Gasteiger partial charge in [0, 0.05) is 22.3 Å². The first-order chi connectivity index (χ1) is 17.8. The summed E-state index contributed by atoms with van der Waals surface area (Å²) in [6, 6.07) is 12.3. The number of nitrogens with one attached hydrogen (secondary N) is 1. The predicted molar refractivity (Wildman–Crippen MR) is 149 cm³/mol. The van der Waals surface area contributed by atoms with Crippen molar-refractivity contribution in [2.75, 3.05) is 38.2 Å². The molecule has 0 atom stereocenters. The fourth-order valence-corrected chi connectivity index (χ4v) is 5.06. The van der Waals surface area contributed by atoms with Crippen molar-refractivity contribution in [1.29, 1.82) is 0 Å². The van der Waals surface area contributed by atoms with Crippen LogP contribution in [0, 0.1) is 3.57 Å². The molecule has 9 nitrogen and oxygen atoms in total. The molecule has 11 heteroatoms. The number of hydrogen-bond donors (Lipinski definition) is 1. The number of halogens is 1. The van der Waals surface area contributed by atoms with Crippen LogP contribution in [-0.4, -0.2) is 65.6 Å². The minimum Gasteiger partial charge on any atom is -0.490 e. The van der Waals surface area contributed by atoms with Gasteiger partial charge in [0.05, 0.1) is 11.5 Å². The fraction of sp³-hybridized carbons (Fsp3) is 0.308. The number of imide groups is 1. The maximum Gasteiger partial charge on any atom is 0.294 e. The summed E-state index contributed by atoms with van der Waals surface area (Å²) >= 11 is 2.93. The largest absolute Gasteiger partial charge is 0.490 e. The van der Waals surface area contributed by atoms with Crippen molar-refractivity contribution < 1.29 is 28.7 Å². The van der Waals surface area contributed by atoms with Gasteiger partial charge in [0.1, 0.15) is 6.54 Å². The second kappa shape index (κ2) is 12.5. The fourth-order valence-electron chi connectivity index (χ4n) is 3.86. The molecule has 2 aromatic carbocycles. The molecule has 0 bridgehead atoms. The number of benzene rings is 2. The molecular formula is C26H26IN3O6S. The Labute approximate surface area is 232 Å². The Balaban J connectivity index is 1.41. The number of amides is 4. The molecule has 0 aromatic heterocycles. The number of anilines is 1. The summed E-state index contributed by atoms with van der Waals surface area (Å²) in [4.78, 5) is 53.0. The van der Waals surface area contributed by atoms with Gasteiger partial charge in [0.15, 0.2) is 18.1 Å². The standard InChI is InChI=1S/C26H26IN3O6S/c1-2-35-21-13-17(5-10-20(21)36-16-24(32)29-11-3-4-12-29)14-22-25(33)30(26(34)37-22)15-23(31)28-19-8-6-18(27)7-9-19/h5-10,13-14H,2-4,11-12,15-16H2,1H3,(H,28,31)/b22-14-. The molecule has 0 unspecified atom stereocenters. The number of likely N-dealkylation sites (tertiary alicyclic amines) is 1. The van der Waals surface area contributed by atoms with Crippen LogP contribution in [0.15, 0.2) is 47.4 Å². The van der Waals surface area contributed by atoms with Gasteiger partial charge in [-0.15, -0.1) is 0 Å². The van der Waals surface area contributed by atoms with Crippen molar-refractivity contribution in [3.8, 4) is 11.5 Å². The van der Waals surface area contributed by atoms with Crippen LogP contribution >= 0.6 is 34.4 Å². The van der Waals surface area contributed by atoms with E-state index < -0.39 is 17.1 Å². The zero-order valence-electron chi connectivity index (χ0n) is 20.2. The molecule has 0 saturated carbocycles.